The lowest BCUT2D eigenvalue weighted by atomic mass is 9.87. The molecule has 0 saturated heterocycles. The van der Waals surface area contributed by atoms with E-state index >= 15 is 0 Å². The Morgan fingerprint density at radius 3 is 2.12 bits per heavy atom. The molecule has 0 bridgehead atoms. The van der Waals surface area contributed by atoms with Crippen LogP contribution in [0.4, 0.5) is 0 Å². The van der Waals surface area contributed by atoms with Crippen molar-refractivity contribution < 1.29 is 5.11 Å². The Bertz CT molecular complexity index is 334. The van der Waals surface area contributed by atoms with Crippen molar-refractivity contribution in [1.82, 2.24) is 0 Å². The van der Waals surface area contributed by atoms with Gasteiger partial charge in [0.25, 0.3) is 0 Å². The molecule has 98 valence electrons. The van der Waals surface area contributed by atoms with E-state index in [4.69, 9.17) is 5.73 Å². The minimum absolute atomic E-state index is 0. The van der Waals surface area contributed by atoms with E-state index in [1.165, 1.54) is 0 Å². The van der Waals surface area contributed by atoms with Crippen molar-refractivity contribution in [2.45, 2.75) is 46.3 Å². The van der Waals surface area contributed by atoms with Crippen molar-refractivity contribution in [2.75, 3.05) is 0 Å². The van der Waals surface area contributed by atoms with E-state index in [9.17, 15) is 5.11 Å². The van der Waals surface area contributed by atoms with Crippen LogP contribution in [0.3, 0.4) is 0 Å². The maximum atomic E-state index is 10.2. The van der Waals surface area contributed by atoms with Crippen LogP contribution in [-0.4, -0.2) is 11.2 Å². The van der Waals surface area contributed by atoms with E-state index in [-0.39, 0.29) is 24.4 Å². The van der Waals surface area contributed by atoms with E-state index < -0.39 is 6.10 Å². The number of aryl methyl sites for hydroxylation is 2. The first-order valence-corrected chi connectivity index (χ1v) is 5.98. The molecule has 0 aromatic heterocycles. The van der Waals surface area contributed by atoms with Gasteiger partial charge in [-0.15, -0.1) is 12.4 Å². The zero-order chi connectivity index (χ0) is 12.3. The second kappa shape index (κ2) is 7.00. The van der Waals surface area contributed by atoms with Crippen molar-refractivity contribution in [2.24, 2.45) is 11.7 Å². The second-order valence-electron chi connectivity index (χ2n) is 4.71. The molecule has 0 heterocycles. The zero-order valence-electron chi connectivity index (χ0n) is 11.1. The molecule has 0 amide bonds. The average Bonchev–Trinajstić information content (AvgIpc) is 2.26. The predicted molar refractivity (Wildman–Crippen MR) is 75.6 cm³/mol. The van der Waals surface area contributed by atoms with Crippen molar-refractivity contribution in [1.29, 1.82) is 0 Å². The highest BCUT2D eigenvalue weighted by atomic mass is 35.5. The topological polar surface area (TPSA) is 46.2 Å². The van der Waals surface area contributed by atoms with E-state index in [1.54, 1.807) is 0 Å². The smallest absolute Gasteiger partial charge is 0.0758 e. The summed E-state index contributed by atoms with van der Waals surface area (Å²) in [5, 5.41) is 10.2. The molecular weight excluding hydrogens is 234 g/mol. The summed E-state index contributed by atoms with van der Waals surface area (Å²) in [7, 11) is 0. The Morgan fingerprint density at radius 1 is 1.24 bits per heavy atom. The molecule has 2 nitrogen and oxygen atoms in total. The van der Waals surface area contributed by atoms with Gasteiger partial charge >= 0.3 is 0 Å². The summed E-state index contributed by atoms with van der Waals surface area (Å²) in [5.41, 5.74) is 9.58. The fourth-order valence-corrected chi connectivity index (χ4v) is 2.12. The lowest BCUT2D eigenvalue weighted by Crippen LogP contribution is -2.32. The normalized spacial score (nSPS) is 15.9. The van der Waals surface area contributed by atoms with Crippen LogP contribution in [0.15, 0.2) is 18.2 Å². The molecule has 3 heteroatoms. The number of halogens is 1. The summed E-state index contributed by atoms with van der Waals surface area (Å²) in [5.74, 6) is 0.231. The van der Waals surface area contributed by atoms with Crippen LogP contribution in [-0.2, 0) is 0 Å². The molecule has 0 aliphatic carbocycles. The Kier molecular flexibility index (Phi) is 6.76. The van der Waals surface area contributed by atoms with Crippen molar-refractivity contribution in [3.05, 3.63) is 34.9 Å². The maximum absolute atomic E-state index is 10.2. The summed E-state index contributed by atoms with van der Waals surface area (Å²) in [6.07, 6.45) is 0.476. The largest absolute Gasteiger partial charge is 0.391 e. The molecule has 3 N–H and O–H groups in total. The van der Waals surface area contributed by atoms with E-state index in [0.717, 1.165) is 23.1 Å². The van der Waals surface area contributed by atoms with Crippen LogP contribution in [0, 0.1) is 19.8 Å². The molecule has 1 aromatic carbocycles. The first-order chi connectivity index (χ1) is 7.49. The Hall–Kier alpha value is -0.570. The highest BCUT2D eigenvalue weighted by Gasteiger charge is 2.24. The molecule has 0 radical (unpaired) electrons. The number of benzene rings is 1. The highest BCUT2D eigenvalue weighted by molar-refractivity contribution is 5.85. The zero-order valence-corrected chi connectivity index (χ0v) is 11.9. The number of hydrogen-bond donors (Lipinski definition) is 2. The summed E-state index contributed by atoms with van der Waals surface area (Å²) < 4.78 is 0. The van der Waals surface area contributed by atoms with Gasteiger partial charge in [0.1, 0.15) is 0 Å². The van der Waals surface area contributed by atoms with Gasteiger partial charge in [0.15, 0.2) is 0 Å². The van der Waals surface area contributed by atoms with Crippen molar-refractivity contribution >= 4 is 12.4 Å². The number of aliphatic hydroxyl groups excluding tert-OH is 1. The van der Waals surface area contributed by atoms with Gasteiger partial charge in [-0.25, -0.2) is 0 Å². The molecule has 0 aliphatic rings. The van der Waals surface area contributed by atoms with Crippen LogP contribution in [0.5, 0.6) is 0 Å². The molecule has 0 aliphatic heterocycles. The number of nitrogens with two attached hydrogens (primary N) is 1. The third-order valence-electron chi connectivity index (χ3n) is 3.47. The summed E-state index contributed by atoms with van der Waals surface area (Å²) in [6, 6.07) is 5.84. The van der Waals surface area contributed by atoms with Gasteiger partial charge in [-0.05, 0) is 36.5 Å². The average molecular weight is 258 g/mol. The summed E-state index contributed by atoms with van der Waals surface area (Å²) in [6.45, 7) is 8.21. The van der Waals surface area contributed by atoms with Crippen LogP contribution in [0.1, 0.15) is 43.0 Å². The molecule has 1 rings (SSSR count). The Labute approximate surface area is 111 Å². The molecule has 1 aromatic rings. The Balaban J connectivity index is 0.00000256. The van der Waals surface area contributed by atoms with Gasteiger partial charge < -0.3 is 10.8 Å². The van der Waals surface area contributed by atoms with Crippen LogP contribution in [0.25, 0.3) is 0 Å². The number of hydrogen-bond acceptors (Lipinski definition) is 2. The first kappa shape index (κ1) is 16.4. The van der Waals surface area contributed by atoms with E-state index in [0.29, 0.717) is 0 Å². The maximum Gasteiger partial charge on any atom is 0.0758 e. The number of aliphatic hydroxyl groups is 1. The summed E-state index contributed by atoms with van der Waals surface area (Å²) in [4.78, 5) is 0. The van der Waals surface area contributed by atoms with E-state index in [1.807, 2.05) is 39.0 Å². The van der Waals surface area contributed by atoms with Gasteiger partial charge in [-0.2, -0.15) is 0 Å². The van der Waals surface area contributed by atoms with E-state index in [2.05, 4.69) is 6.92 Å². The highest BCUT2D eigenvalue weighted by Crippen LogP contribution is 2.26. The Morgan fingerprint density at radius 2 is 1.71 bits per heavy atom. The minimum atomic E-state index is -0.468. The predicted octanol–water partition coefficient (Wildman–Crippen LogP) is 3.13. The summed E-state index contributed by atoms with van der Waals surface area (Å²) >= 11 is 0. The van der Waals surface area contributed by atoms with Gasteiger partial charge in [-0.1, -0.05) is 38.5 Å². The second-order valence-corrected chi connectivity index (χ2v) is 4.71. The molecule has 17 heavy (non-hydrogen) atoms. The quantitative estimate of drug-likeness (QED) is 0.871. The SMILES string of the molecule is CCC(C)[C@H](O)[C@H](N)c1c(C)cccc1C.Cl. The number of rotatable bonds is 4. The van der Waals surface area contributed by atoms with Gasteiger partial charge in [-0.3, -0.25) is 0 Å². The standard InChI is InChI=1S/C14H23NO.ClH/c1-5-9(2)14(16)13(15)12-10(3)7-6-8-11(12)4;/h6-9,13-14,16H,5,15H2,1-4H3;1H/t9?,13-,14+;/m1./s1. The van der Waals surface area contributed by atoms with Crippen LogP contribution < -0.4 is 5.73 Å². The fourth-order valence-electron chi connectivity index (χ4n) is 2.12. The molecular formula is C14H24ClNO. The monoisotopic (exact) mass is 257 g/mol. The molecule has 1 unspecified atom stereocenters. The van der Waals surface area contributed by atoms with Gasteiger partial charge in [0.2, 0.25) is 0 Å². The fraction of sp³-hybridized carbons (Fsp3) is 0.571. The first-order valence-electron chi connectivity index (χ1n) is 5.98. The third-order valence-corrected chi connectivity index (χ3v) is 3.47. The third kappa shape index (κ3) is 3.70. The lowest BCUT2D eigenvalue weighted by Gasteiger charge is -2.26. The van der Waals surface area contributed by atoms with Gasteiger partial charge in [0, 0.05) is 0 Å². The molecule has 3 atom stereocenters. The molecule has 0 saturated carbocycles. The van der Waals surface area contributed by atoms with Crippen LogP contribution >= 0.6 is 12.4 Å². The van der Waals surface area contributed by atoms with Crippen molar-refractivity contribution in [3.8, 4) is 0 Å². The van der Waals surface area contributed by atoms with Gasteiger partial charge in [0.05, 0.1) is 12.1 Å². The van der Waals surface area contributed by atoms with Crippen LogP contribution in [0.2, 0.25) is 0 Å². The molecule has 0 fully saturated rings. The lowest BCUT2D eigenvalue weighted by molar-refractivity contribution is 0.0876. The van der Waals surface area contributed by atoms with Crippen molar-refractivity contribution in [3.63, 3.8) is 0 Å². The molecule has 0 spiro atoms. The minimum Gasteiger partial charge on any atom is -0.391 e.